The molecule has 2 aliphatic rings. The first kappa shape index (κ1) is 17.1. The van der Waals surface area contributed by atoms with Gasteiger partial charge in [0, 0.05) is 32.4 Å². The number of carboxylic acid groups (broad SMARTS) is 1. The first-order valence-corrected chi connectivity index (χ1v) is 8.61. The van der Waals surface area contributed by atoms with Crippen molar-refractivity contribution in [3.8, 4) is 0 Å². The number of hydrogen-bond acceptors (Lipinski definition) is 5. The van der Waals surface area contributed by atoms with Crippen LogP contribution < -0.4 is 0 Å². The fraction of sp³-hybridized carbons (Fsp3) is 0.786. The second kappa shape index (κ2) is 7.82. The van der Waals surface area contributed by atoms with Crippen LogP contribution in [0.2, 0.25) is 0 Å². The maximum Gasteiger partial charge on any atom is 0.305 e. The van der Waals surface area contributed by atoms with Gasteiger partial charge in [0.1, 0.15) is 6.04 Å². The largest absolute Gasteiger partial charge is 0.481 e. The fourth-order valence-electron chi connectivity index (χ4n) is 2.72. The Morgan fingerprint density at radius 2 is 2.18 bits per heavy atom. The van der Waals surface area contributed by atoms with Gasteiger partial charge in [-0.15, -0.1) is 11.8 Å². The Hall–Kier alpha value is -1.28. The summed E-state index contributed by atoms with van der Waals surface area (Å²) < 4.78 is 5.55. The van der Waals surface area contributed by atoms with Gasteiger partial charge in [0.15, 0.2) is 0 Å². The molecule has 8 heteroatoms. The van der Waals surface area contributed by atoms with Crippen LogP contribution in [0.15, 0.2) is 0 Å². The summed E-state index contributed by atoms with van der Waals surface area (Å²) in [5.74, 6) is -0.156. The Morgan fingerprint density at radius 3 is 2.77 bits per heavy atom. The van der Waals surface area contributed by atoms with Gasteiger partial charge in [-0.25, -0.2) is 0 Å². The van der Waals surface area contributed by atoms with Crippen LogP contribution in [-0.2, 0) is 19.1 Å². The fourth-order valence-corrected chi connectivity index (χ4v) is 3.93. The number of rotatable bonds is 6. The van der Waals surface area contributed by atoms with Gasteiger partial charge in [0.05, 0.1) is 18.4 Å². The molecule has 1 N–H and O–H groups in total. The minimum atomic E-state index is -0.936. The van der Waals surface area contributed by atoms with E-state index < -0.39 is 12.0 Å². The van der Waals surface area contributed by atoms with E-state index in [0.29, 0.717) is 24.8 Å². The summed E-state index contributed by atoms with van der Waals surface area (Å²) in [5, 5.41) is 8.87. The Bertz CT molecular complexity index is 439. The Kier molecular flexibility index (Phi) is 6.07. The maximum absolute atomic E-state index is 12.7. The lowest BCUT2D eigenvalue weighted by Gasteiger charge is -2.30. The van der Waals surface area contributed by atoms with Gasteiger partial charge >= 0.3 is 5.97 Å². The number of aliphatic carboxylic acids is 1. The molecule has 0 aromatic rings. The number of carbonyl (C=O) groups excluding carboxylic acids is 2. The number of ether oxygens (including phenoxy) is 1. The molecule has 2 heterocycles. The van der Waals surface area contributed by atoms with E-state index >= 15 is 0 Å². The summed E-state index contributed by atoms with van der Waals surface area (Å²) in [5.41, 5.74) is 0. The molecular weight excluding hydrogens is 308 g/mol. The van der Waals surface area contributed by atoms with Crippen LogP contribution in [0.1, 0.15) is 26.2 Å². The van der Waals surface area contributed by atoms with Crippen LogP contribution in [0.3, 0.4) is 0 Å². The third-order valence-electron chi connectivity index (χ3n) is 3.93. The molecular formula is C14H22N2O5S. The molecule has 2 aliphatic heterocycles. The SMILES string of the molecule is CC(=O)N1CSCC1C(=O)N(CCC(=O)O)CC1CCCO1. The van der Waals surface area contributed by atoms with Gasteiger partial charge in [-0.2, -0.15) is 0 Å². The van der Waals surface area contributed by atoms with Crippen LogP contribution >= 0.6 is 11.8 Å². The van der Waals surface area contributed by atoms with Gasteiger partial charge in [0.2, 0.25) is 11.8 Å². The molecule has 0 aromatic carbocycles. The van der Waals surface area contributed by atoms with Crippen molar-refractivity contribution in [2.45, 2.75) is 38.3 Å². The molecule has 0 radical (unpaired) electrons. The van der Waals surface area contributed by atoms with Crippen LogP contribution in [0.4, 0.5) is 0 Å². The standard InChI is InChI=1S/C14H22N2O5S/c1-10(17)16-9-22-8-12(16)14(20)15(5-4-13(18)19)7-11-3-2-6-21-11/h11-12H,2-9H2,1H3,(H,18,19). The molecule has 22 heavy (non-hydrogen) atoms. The predicted octanol–water partition coefficient (Wildman–Crippen LogP) is 0.390. The van der Waals surface area contributed by atoms with E-state index in [2.05, 4.69) is 0 Å². The molecule has 7 nitrogen and oxygen atoms in total. The molecule has 2 fully saturated rings. The minimum Gasteiger partial charge on any atom is -0.481 e. The average molecular weight is 330 g/mol. The predicted molar refractivity (Wildman–Crippen MR) is 81.4 cm³/mol. The molecule has 0 aromatic heterocycles. The highest BCUT2D eigenvalue weighted by molar-refractivity contribution is 7.99. The summed E-state index contributed by atoms with van der Waals surface area (Å²) in [6.45, 7) is 2.69. The van der Waals surface area contributed by atoms with Gasteiger partial charge in [-0.1, -0.05) is 0 Å². The summed E-state index contributed by atoms with van der Waals surface area (Å²) in [4.78, 5) is 38.3. The highest BCUT2D eigenvalue weighted by atomic mass is 32.2. The Balaban J connectivity index is 2.03. The number of nitrogens with zero attached hydrogens (tertiary/aromatic N) is 2. The number of carboxylic acids is 1. The number of carbonyl (C=O) groups is 3. The zero-order chi connectivity index (χ0) is 16.1. The zero-order valence-electron chi connectivity index (χ0n) is 12.7. The van der Waals surface area contributed by atoms with Gasteiger partial charge in [-0.3, -0.25) is 14.4 Å². The van der Waals surface area contributed by atoms with E-state index in [9.17, 15) is 14.4 Å². The summed E-state index contributed by atoms with van der Waals surface area (Å²) in [7, 11) is 0. The molecule has 124 valence electrons. The lowest BCUT2D eigenvalue weighted by atomic mass is 10.2. The van der Waals surface area contributed by atoms with E-state index in [4.69, 9.17) is 9.84 Å². The molecule has 2 unspecified atom stereocenters. The van der Waals surface area contributed by atoms with Crippen LogP contribution in [0.25, 0.3) is 0 Å². The minimum absolute atomic E-state index is 0.0300. The first-order chi connectivity index (χ1) is 10.5. The van der Waals surface area contributed by atoms with E-state index in [0.717, 1.165) is 12.8 Å². The van der Waals surface area contributed by atoms with E-state index in [1.165, 1.54) is 6.92 Å². The van der Waals surface area contributed by atoms with Crippen molar-refractivity contribution in [3.63, 3.8) is 0 Å². The summed E-state index contributed by atoms with van der Waals surface area (Å²) >= 11 is 1.54. The van der Waals surface area contributed by atoms with Crippen molar-refractivity contribution in [3.05, 3.63) is 0 Å². The van der Waals surface area contributed by atoms with Crippen molar-refractivity contribution >= 4 is 29.5 Å². The maximum atomic E-state index is 12.7. The Labute approximate surface area is 134 Å². The molecule has 2 atom stereocenters. The number of hydrogen-bond donors (Lipinski definition) is 1. The second-order valence-electron chi connectivity index (χ2n) is 5.57. The average Bonchev–Trinajstić information content (AvgIpc) is 3.13. The van der Waals surface area contributed by atoms with Gasteiger partial charge < -0.3 is 19.6 Å². The van der Waals surface area contributed by atoms with Crippen molar-refractivity contribution in [2.75, 3.05) is 31.3 Å². The third kappa shape index (κ3) is 4.36. The van der Waals surface area contributed by atoms with Crippen LogP contribution in [0, 0.1) is 0 Å². The topological polar surface area (TPSA) is 87.2 Å². The molecule has 2 saturated heterocycles. The lowest BCUT2D eigenvalue weighted by molar-refractivity contribution is -0.145. The smallest absolute Gasteiger partial charge is 0.305 e. The normalized spacial score (nSPS) is 24.5. The van der Waals surface area contributed by atoms with Crippen LogP contribution in [0.5, 0.6) is 0 Å². The zero-order valence-corrected chi connectivity index (χ0v) is 13.5. The van der Waals surface area contributed by atoms with Crippen molar-refractivity contribution in [1.29, 1.82) is 0 Å². The first-order valence-electron chi connectivity index (χ1n) is 7.46. The van der Waals surface area contributed by atoms with Crippen molar-refractivity contribution < 1.29 is 24.2 Å². The number of thioether (sulfide) groups is 1. The highest BCUT2D eigenvalue weighted by Crippen LogP contribution is 2.23. The molecule has 2 rings (SSSR count). The molecule has 0 saturated carbocycles. The van der Waals surface area contributed by atoms with Crippen molar-refractivity contribution in [1.82, 2.24) is 9.80 Å². The third-order valence-corrected chi connectivity index (χ3v) is 4.94. The summed E-state index contributed by atoms with van der Waals surface area (Å²) in [6, 6.07) is -0.488. The van der Waals surface area contributed by atoms with E-state index in [1.54, 1.807) is 21.6 Å². The quantitative estimate of drug-likeness (QED) is 0.758. The monoisotopic (exact) mass is 330 g/mol. The second-order valence-corrected chi connectivity index (χ2v) is 6.57. The number of amides is 2. The van der Waals surface area contributed by atoms with Gasteiger partial charge in [-0.05, 0) is 12.8 Å². The van der Waals surface area contributed by atoms with Crippen LogP contribution in [-0.4, -0.2) is 76.2 Å². The summed E-state index contributed by atoms with van der Waals surface area (Å²) in [6.07, 6.45) is 1.72. The lowest BCUT2D eigenvalue weighted by Crippen LogP contribution is -2.50. The Morgan fingerprint density at radius 1 is 1.41 bits per heavy atom. The highest BCUT2D eigenvalue weighted by Gasteiger charge is 2.36. The van der Waals surface area contributed by atoms with E-state index in [1.807, 2.05) is 0 Å². The van der Waals surface area contributed by atoms with Crippen molar-refractivity contribution in [2.24, 2.45) is 0 Å². The van der Waals surface area contributed by atoms with Gasteiger partial charge in [0.25, 0.3) is 0 Å². The molecule has 0 bridgehead atoms. The molecule has 2 amide bonds. The molecule has 0 spiro atoms. The van der Waals surface area contributed by atoms with E-state index in [-0.39, 0.29) is 30.9 Å². The molecule has 0 aliphatic carbocycles.